The molecule has 12 nitrogen and oxygen atoms in total. The van der Waals surface area contributed by atoms with E-state index in [2.05, 4.69) is 5.32 Å². The zero-order valence-corrected chi connectivity index (χ0v) is 12.6. The number of hydrogen-bond donors (Lipinski definition) is 6. The molecular formula is C7H18N2O10S2. The number of amides is 1. The van der Waals surface area contributed by atoms with Crippen molar-refractivity contribution >= 4 is 26.7 Å². The zero-order valence-electron chi connectivity index (χ0n) is 11.0. The Morgan fingerprint density at radius 2 is 1.57 bits per heavy atom. The second kappa shape index (κ2) is 9.21. The number of nitrogens with two attached hydrogens (primary N) is 1. The predicted octanol–water partition coefficient (Wildman–Crippen LogP) is -2.07. The fraction of sp³-hybridized carbons (Fsp3) is 0.857. The van der Waals surface area contributed by atoms with E-state index in [1.54, 1.807) is 0 Å². The van der Waals surface area contributed by atoms with E-state index in [4.69, 9.17) is 45.5 Å². The van der Waals surface area contributed by atoms with Gasteiger partial charge in [-0.25, -0.2) is 0 Å². The van der Waals surface area contributed by atoms with Crippen molar-refractivity contribution in [1.82, 2.24) is 5.32 Å². The van der Waals surface area contributed by atoms with Gasteiger partial charge in [-0.05, 0) is 6.42 Å². The van der Waals surface area contributed by atoms with Crippen LogP contribution in [0.2, 0.25) is 0 Å². The molecule has 0 saturated carbocycles. The van der Waals surface area contributed by atoms with Crippen LogP contribution >= 0.6 is 0 Å². The molecule has 0 aromatic rings. The van der Waals surface area contributed by atoms with Crippen LogP contribution < -0.4 is 11.1 Å². The van der Waals surface area contributed by atoms with Gasteiger partial charge in [0.05, 0.1) is 6.61 Å². The fourth-order valence-corrected chi connectivity index (χ4v) is 1.22. The molecule has 0 aliphatic carbocycles. The first-order valence-corrected chi connectivity index (χ1v) is 8.05. The quantitative estimate of drug-likeness (QED) is 0.296. The van der Waals surface area contributed by atoms with Gasteiger partial charge in [-0.1, -0.05) is 6.92 Å². The molecule has 0 aromatic heterocycles. The first kappa shape index (κ1) is 22.4. The summed E-state index contributed by atoms with van der Waals surface area (Å²) in [5, 5.41) is 3.08. The van der Waals surface area contributed by atoms with Crippen LogP contribution in [0, 0.1) is 0 Å². The molecule has 1 fully saturated rings. The molecule has 1 aliphatic heterocycles. The number of ether oxygens (including phenoxy) is 1. The Morgan fingerprint density at radius 3 is 1.71 bits per heavy atom. The zero-order chi connectivity index (χ0) is 17.3. The highest BCUT2D eigenvalue weighted by molar-refractivity contribution is 7.80. The van der Waals surface area contributed by atoms with Gasteiger partial charge in [0.25, 0.3) is 5.91 Å². The molecule has 0 spiro atoms. The van der Waals surface area contributed by atoms with E-state index in [1.165, 1.54) is 0 Å². The van der Waals surface area contributed by atoms with Gasteiger partial charge in [0, 0.05) is 13.1 Å². The van der Waals surface area contributed by atoms with Gasteiger partial charge in [-0.2, -0.15) is 16.8 Å². The van der Waals surface area contributed by atoms with Crippen molar-refractivity contribution < 1.29 is 44.6 Å². The Kier molecular flexibility index (Phi) is 9.83. The summed E-state index contributed by atoms with van der Waals surface area (Å²) in [5.74, 6) is -0.368. The number of carbonyl (C=O) groups excluding carboxylic acids is 1. The molecule has 14 heteroatoms. The molecular weight excluding hydrogens is 336 g/mol. The van der Waals surface area contributed by atoms with Gasteiger partial charge in [0.2, 0.25) is 0 Å². The van der Waals surface area contributed by atoms with E-state index in [-0.39, 0.29) is 5.91 Å². The summed E-state index contributed by atoms with van der Waals surface area (Å²) >= 11 is 0. The second-order valence-electron chi connectivity index (χ2n) is 3.63. The van der Waals surface area contributed by atoms with Gasteiger partial charge in [-0.15, -0.1) is 0 Å². The summed E-state index contributed by atoms with van der Waals surface area (Å²) in [4.78, 5) is 11.0. The summed E-state index contributed by atoms with van der Waals surface area (Å²) < 4.78 is 68.5. The smallest absolute Gasteiger partial charge is 0.367 e. The first-order chi connectivity index (χ1) is 9.21. The van der Waals surface area contributed by atoms with Crippen molar-refractivity contribution in [3.63, 3.8) is 0 Å². The molecule has 0 radical (unpaired) electrons. The summed E-state index contributed by atoms with van der Waals surface area (Å²) in [6.45, 7) is 3.81. The lowest BCUT2D eigenvalue weighted by atomic mass is 9.98. The van der Waals surface area contributed by atoms with Gasteiger partial charge >= 0.3 is 20.8 Å². The molecule has 128 valence electrons. The topological polar surface area (TPSA) is 214 Å². The van der Waals surface area contributed by atoms with Gasteiger partial charge in [0.1, 0.15) is 0 Å². The monoisotopic (exact) mass is 354 g/mol. The minimum absolute atomic E-state index is 0.368. The van der Waals surface area contributed by atoms with Crippen molar-refractivity contribution in [2.45, 2.75) is 18.9 Å². The van der Waals surface area contributed by atoms with E-state index in [1.807, 2.05) is 6.92 Å². The molecule has 1 amide bonds. The Morgan fingerprint density at radius 1 is 1.19 bits per heavy atom. The second-order valence-corrected chi connectivity index (χ2v) is 5.42. The summed E-state index contributed by atoms with van der Waals surface area (Å²) in [5.41, 5.74) is 4.46. The minimum Gasteiger partial charge on any atom is -0.367 e. The van der Waals surface area contributed by atoms with Crippen LogP contribution in [0.1, 0.15) is 13.3 Å². The van der Waals surface area contributed by atoms with Crippen molar-refractivity contribution in [2.75, 3.05) is 19.7 Å². The molecule has 1 atom stereocenters. The van der Waals surface area contributed by atoms with E-state index in [0.717, 1.165) is 6.54 Å². The molecule has 1 unspecified atom stereocenters. The third kappa shape index (κ3) is 17.1. The van der Waals surface area contributed by atoms with Gasteiger partial charge in [0.15, 0.2) is 5.60 Å². The molecule has 0 bridgehead atoms. The maximum atomic E-state index is 11.0. The van der Waals surface area contributed by atoms with E-state index in [9.17, 15) is 4.79 Å². The van der Waals surface area contributed by atoms with Crippen LogP contribution in [-0.2, 0) is 30.3 Å². The highest BCUT2D eigenvalue weighted by Crippen LogP contribution is 2.16. The van der Waals surface area contributed by atoms with Crippen molar-refractivity contribution in [3.8, 4) is 0 Å². The lowest BCUT2D eigenvalue weighted by Gasteiger charge is -2.33. The Labute approximate surface area is 121 Å². The number of carbonyl (C=O) groups is 1. The standard InChI is InChI=1S/C7H14N2O2.2H2O4S/c1-2-7(6(8)10)5-9-3-4-11-7;2*1-5(2,3)4/h9H,2-5H2,1H3,(H2,8,10);2*(H2,1,2,3,4). The van der Waals surface area contributed by atoms with Gasteiger partial charge in [-0.3, -0.25) is 23.0 Å². The SMILES string of the molecule is CCC1(C(N)=O)CNCCO1.O=S(=O)(O)O.O=S(=O)(O)O. The number of hydrogen-bond acceptors (Lipinski definition) is 7. The summed E-state index contributed by atoms with van der Waals surface area (Å²) in [6, 6.07) is 0. The lowest BCUT2D eigenvalue weighted by Crippen LogP contribution is -2.57. The molecule has 7 N–H and O–H groups in total. The number of primary amides is 1. The normalized spacial score (nSPS) is 22.1. The van der Waals surface area contributed by atoms with E-state index >= 15 is 0 Å². The predicted molar refractivity (Wildman–Crippen MR) is 69.4 cm³/mol. The summed E-state index contributed by atoms with van der Waals surface area (Å²) in [6.07, 6.45) is 0.634. The number of rotatable bonds is 2. The number of nitrogens with one attached hydrogen (secondary N) is 1. The first-order valence-electron chi connectivity index (χ1n) is 5.25. The third-order valence-electron chi connectivity index (χ3n) is 2.09. The van der Waals surface area contributed by atoms with Crippen molar-refractivity contribution in [2.24, 2.45) is 5.73 Å². The lowest BCUT2D eigenvalue weighted by molar-refractivity contribution is -0.147. The molecule has 1 rings (SSSR count). The third-order valence-corrected chi connectivity index (χ3v) is 2.09. The van der Waals surface area contributed by atoms with E-state index in [0.29, 0.717) is 19.6 Å². The van der Waals surface area contributed by atoms with Crippen molar-refractivity contribution in [3.05, 3.63) is 0 Å². The fourth-order valence-electron chi connectivity index (χ4n) is 1.22. The highest BCUT2D eigenvalue weighted by atomic mass is 32.3. The molecule has 21 heavy (non-hydrogen) atoms. The molecule has 1 heterocycles. The average Bonchev–Trinajstić information content (AvgIpc) is 2.25. The maximum absolute atomic E-state index is 11.0. The van der Waals surface area contributed by atoms with Crippen LogP contribution in [0.4, 0.5) is 0 Å². The molecule has 1 saturated heterocycles. The van der Waals surface area contributed by atoms with Gasteiger partial charge < -0.3 is 15.8 Å². The Hall–Kier alpha value is -0.870. The average molecular weight is 354 g/mol. The highest BCUT2D eigenvalue weighted by Gasteiger charge is 2.37. The van der Waals surface area contributed by atoms with Crippen molar-refractivity contribution in [1.29, 1.82) is 0 Å². The van der Waals surface area contributed by atoms with Crippen LogP contribution in [0.3, 0.4) is 0 Å². The largest absolute Gasteiger partial charge is 0.394 e. The van der Waals surface area contributed by atoms with E-state index < -0.39 is 26.4 Å². The minimum atomic E-state index is -4.67. The Balaban J connectivity index is 0. The number of morpholine rings is 1. The van der Waals surface area contributed by atoms with Crippen LogP contribution in [0.5, 0.6) is 0 Å². The maximum Gasteiger partial charge on any atom is 0.394 e. The van der Waals surface area contributed by atoms with Crippen LogP contribution in [0.25, 0.3) is 0 Å². The van der Waals surface area contributed by atoms with Crippen LogP contribution in [0.15, 0.2) is 0 Å². The van der Waals surface area contributed by atoms with Crippen LogP contribution in [-0.4, -0.2) is 66.3 Å². The summed E-state index contributed by atoms with van der Waals surface area (Å²) in [7, 11) is -9.33. The molecule has 0 aromatic carbocycles. The Bertz CT molecular complexity index is 462. The molecule has 1 aliphatic rings.